The topological polar surface area (TPSA) is 29.1 Å². The normalized spacial score (nSPS) is 21.6. The standard InChI is InChI=1S/C15H20F3NOS/c1-14(2,3)21(20)19-13(11-8-15(17,18)9-11)10-4-6-12(16)7-5-10/h4-7,11,13,19H,8-9H2,1-3H3. The first-order chi connectivity index (χ1) is 9.58. The molecule has 0 radical (unpaired) electrons. The number of halogens is 3. The summed E-state index contributed by atoms with van der Waals surface area (Å²) in [4.78, 5) is 0. The van der Waals surface area contributed by atoms with Crippen LogP contribution in [-0.4, -0.2) is 14.9 Å². The van der Waals surface area contributed by atoms with Gasteiger partial charge in [-0.3, -0.25) is 0 Å². The van der Waals surface area contributed by atoms with E-state index in [4.69, 9.17) is 0 Å². The lowest BCUT2D eigenvalue weighted by molar-refractivity contribution is -0.118. The summed E-state index contributed by atoms with van der Waals surface area (Å²) < 4.78 is 54.0. The van der Waals surface area contributed by atoms with E-state index >= 15 is 0 Å². The van der Waals surface area contributed by atoms with Gasteiger partial charge in [0, 0.05) is 18.9 Å². The van der Waals surface area contributed by atoms with Gasteiger partial charge in [-0.25, -0.2) is 22.1 Å². The fourth-order valence-corrected chi connectivity index (χ4v) is 3.25. The summed E-state index contributed by atoms with van der Waals surface area (Å²) in [5, 5.41) is 0. The van der Waals surface area contributed by atoms with Crippen molar-refractivity contribution in [2.75, 3.05) is 0 Å². The van der Waals surface area contributed by atoms with E-state index in [9.17, 15) is 17.4 Å². The first kappa shape index (κ1) is 16.5. The van der Waals surface area contributed by atoms with Gasteiger partial charge >= 0.3 is 0 Å². The third-order valence-electron chi connectivity index (χ3n) is 3.61. The average molecular weight is 319 g/mol. The zero-order valence-corrected chi connectivity index (χ0v) is 13.1. The van der Waals surface area contributed by atoms with E-state index < -0.39 is 27.7 Å². The highest BCUT2D eigenvalue weighted by Crippen LogP contribution is 2.48. The van der Waals surface area contributed by atoms with Gasteiger partial charge in [-0.1, -0.05) is 12.1 Å². The van der Waals surface area contributed by atoms with Crippen LogP contribution in [0.25, 0.3) is 0 Å². The summed E-state index contributed by atoms with van der Waals surface area (Å²) in [6.07, 6.45) is -0.466. The second-order valence-corrected chi connectivity index (χ2v) is 8.55. The lowest BCUT2D eigenvalue weighted by atomic mass is 9.74. The molecule has 6 heteroatoms. The molecular weight excluding hydrogens is 299 g/mol. The van der Waals surface area contributed by atoms with E-state index in [0.717, 1.165) is 0 Å². The molecule has 0 heterocycles. The summed E-state index contributed by atoms with van der Waals surface area (Å²) in [7, 11) is -1.37. The quantitative estimate of drug-likeness (QED) is 0.894. The fourth-order valence-electron chi connectivity index (χ4n) is 2.34. The monoisotopic (exact) mass is 319 g/mol. The Labute approximate surface area is 125 Å². The molecule has 118 valence electrons. The maximum absolute atomic E-state index is 13.1. The Morgan fingerprint density at radius 1 is 1.24 bits per heavy atom. The highest BCUT2D eigenvalue weighted by atomic mass is 32.2. The molecule has 0 aromatic heterocycles. The SMILES string of the molecule is CC(C)(C)S(=O)NC(c1ccc(F)cc1)C1CC(F)(F)C1. The van der Waals surface area contributed by atoms with Crippen LogP contribution in [0.5, 0.6) is 0 Å². The number of hydrogen-bond donors (Lipinski definition) is 1. The minimum Gasteiger partial charge on any atom is -0.242 e. The molecule has 0 amide bonds. The molecule has 0 aliphatic heterocycles. The van der Waals surface area contributed by atoms with Gasteiger partial charge < -0.3 is 0 Å². The summed E-state index contributed by atoms with van der Waals surface area (Å²) in [6.45, 7) is 5.44. The van der Waals surface area contributed by atoms with Crippen LogP contribution in [0.4, 0.5) is 13.2 Å². The molecule has 0 bridgehead atoms. The Hall–Kier alpha value is -0.880. The minimum atomic E-state index is -2.64. The van der Waals surface area contributed by atoms with Crippen molar-refractivity contribution in [2.45, 2.75) is 50.3 Å². The fraction of sp³-hybridized carbons (Fsp3) is 0.600. The zero-order chi connectivity index (χ0) is 15.8. The van der Waals surface area contributed by atoms with Gasteiger partial charge in [0.25, 0.3) is 0 Å². The highest BCUT2D eigenvalue weighted by Gasteiger charge is 2.49. The molecule has 1 aromatic carbocycles. The van der Waals surface area contributed by atoms with E-state index in [0.29, 0.717) is 5.56 Å². The van der Waals surface area contributed by atoms with Crippen LogP contribution in [-0.2, 0) is 11.0 Å². The van der Waals surface area contributed by atoms with Crippen LogP contribution < -0.4 is 4.72 Å². The summed E-state index contributed by atoms with van der Waals surface area (Å²) >= 11 is 0. The molecule has 1 fully saturated rings. The summed E-state index contributed by atoms with van der Waals surface area (Å²) in [5.74, 6) is -3.32. The third-order valence-corrected chi connectivity index (χ3v) is 5.19. The molecule has 2 unspecified atom stereocenters. The Morgan fingerprint density at radius 2 is 1.76 bits per heavy atom. The van der Waals surface area contributed by atoms with Crippen molar-refractivity contribution < 1.29 is 17.4 Å². The summed E-state index contributed by atoms with van der Waals surface area (Å²) in [6, 6.07) is 5.25. The largest absolute Gasteiger partial charge is 0.248 e. The van der Waals surface area contributed by atoms with Gasteiger partial charge in [-0.2, -0.15) is 0 Å². The number of benzene rings is 1. The predicted molar refractivity (Wildman–Crippen MR) is 77.8 cm³/mol. The Kier molecular flexibility index (Phi) is 4.49. The van der Waals surface area contributed by atoms with Crippen LogP contribution in [0.2, 0.25) is 0 Å². The Bertz CT molecular complexity index is 517. The van der Waals surface area contributed by atoms with E-state index in [1.165, 1.54) is 12.1 Å². The lowest BCUT2D eigenvalue weighted by Gasteiger charge is -2.41. The molecule has 21 heavy (non-hydrogen) atoms. The molecule has 2 atom stereocenters. The molecule has 1 N–H and O–H groups in total. The van der Waals surface area contributed by atoms with Crippen LogP contribution >= 0.6 is 0 Å². The van der Waals surface area contributed by atoms with Crippen molar-refractivity contribution in [3.8, 4) is 0 Å². The van der Waals surface area contributed by atoms with Crippen molar-refractivity contribution in [3.05, 3.63) is 35.6 Å². The van der Waals surface area contributed by atoms with Crippen LogP contribution in [0.15, 0.2) is 24.3 Å². The number of alkyl halides is 2. The maximum Gasteiger partial charge on any atom is 0.248 e. The molecule has 1 aromatic rings. The average Bonchev–Trinajstić information content (AvgIpc) is 2.33. The van der Waals surface area contributed by atoms with E-state index in [-0.39, 0.29) is 24.6 Å². The van der Waals surface area contributed by atoms with E-state index in [1.807, 2.05) is 20.8 Å². The first-order valence-electron chi connectivity index (χ1n) is 6.90. The van der Waals surface area contributed by atoms with Gasteiger partial charge in [0.05, 0.1) is 15.7 Å². The van der Waals surface area contributed by atoms with Gasteiger partial charge in [-0.15, -0.1) is 0 Å². The second-order valence-electron chi connectivity index (χ2n) is 6.55. The van der Waals surface area contributed by atoms with Crippen molar-refractivity contribution in [1.29, 1.82) is 0 Å². The van der Waals surface area contributed by atoms with Crippen LogP contribution in [0, 0.1) is 11.7 Å². The Balaban J connectivity index is 2.19. The summed E-state index contributed by atoms with van der Waals surface area (Å²) in [5.41, 5.74) is 0.689. The molecule has 1 aliphatic rings. The predicted octanol–water partition coefficient (Wildman–Crippen LogP) is 3.96. The van der Waals surface area contributed by atoms with Gasteiger partial charge in [-0.05, 0) is 44.4 Å². The van der Waals surface area contributed by atoms with Crippen LogP contribution in [0.3, 0.4) is 0 Å². The van der Waals surface area contributed by atoms with Crippen LogP contribution in [0.1, 0.15) is 45.2 Å². The smallest absolute Gasteiger partial charge is 0.242 e. The van der Waals surface area contributed by atoms with Crippen molar-refractivity contribution in [1.82, 2.24) is 4.72 Å². The van der Waals surface area contributed by atoms with Crippen molar-refractivity contribution >= 4 is 11.0 Å². The Morgan fingerprint density at radius 3 is 2.19 bits per heavy atom. The van der Waals surface area contributed by atoms with Crippen molar-refractivity contribution in [2.24, 2.45) is 5.92 Å². The maximum atomic E-state index is 13.1. The number of nitrogens with one attached hydrogen (secondary N) is 1. The minimum absolute atomic E-state index is 0.233. The third kappa shape index (κ3) is 4.07. The van der Waals surface area contributed by atoms with Gasteiger partial charge in [0.1, 0.15) is 5.82 Å². The van der Waals surface area contributed by atoms with Gasteiger partial charge in [0.15, 0.2) is 0 Å². The molecule has 2 rings (SSSR count). The van der Waals surface area contributed by atoms with E-state index in [1.54, 1.807) is 12.1 Å². The molecular formula is C15H20F3NOS. The van der Waals surface area contributed by atoms with Gasteiger partial charge in [0.2, 0.25) is 5.92 Å². The van der Waals surface area contributed by atoms with E-state index in [2.05, 4.69) is 4.72 Å². The number of hydrogen-bond acceptors (Lipinski definition) is 1. The molecule has 0 saturated heterocycles. The molecule has 1 aliphatic carbocycles. The molecule has 2 nitrogen and oxygen atoms in total. The highest BCUT2D eigenvalue weighted by molar-refractivity contribution is 7.84. The molecule has 1 saturated carbocycles. The second kappa shape index (κ2) is 5.72. The number of rotatable bonds is 4. The first-order valence-corrected chi connectivity index (χ1v) is 8.05. The van der Waals surface area contributed by atoms with Crippen molar-refractivity contribution in [3.63, 3.8) is 0 Å². The zero-order valence-electron chi connectivity index (χ0n) is 12.3. The molecule has 0 spiro atoms. The lowest BCUT2D eigenvalue weighted by Crippen LogP contribution is -2.46.